The molecule has 11 nitrogen and oxygen atoms in total. The number of alkyl carbamates (subject to hydrolysis) is 1. The van der Waals surface area contributed by atoms with E-state index in [1.807, 2.05) is 37.3 Å². The van der Waals surface area contributed by atoms with Gasteiger partial charge in [0.25, 0.3) is 0 Å². The smallest absolute Gasteiger partial charge is 0.409 e. The van der Waals surface area contributed by atoms with Gasteiger partial charge in [0.05, 0.1) is 6.61 Å². The molecule has 11 heteroatoms. The number of amides is 4. The first-order valence-corrected chi connectivity index (χ1v) is 13.4. The van der Waals surface area contributed by atoms with Gasteiger partial charge < -0.3 is 34.6 Å². The molecule has 2 saturated heterocycles. The minimum atomic E-state index is -0.947. The van der Waals surface area contributed by atoms with Crippen LogP contribution in [0.15, 0.2) is 30.3 Å². The lowest BCUT2D eigenvalue weighted by molar-refractivity contribution is -0.161. The number of nitrogens with one attached hydrogen (secondary N) is 2. The molecule has 1 spiro atoms. The predicted molar refractivity (Wildman–Crippen MR) is 139 cm³/mol. The van der Waals surface area contributed by atoms with Gasteiger partial charge in [0.1, 0.15) is 24.8 Å². The summed E-state index contributed by atoms with van der Waals surface area (Å²) in [6.07, 6.45) is 2.34. The molecule has 0 saturated carbocycles. The van der Waals surface area contributed by atoms with Crippen molar-refractivity contribution in [2.24, 2.45) is 0 Å². The fourth-order valence-corrected chi connectivity index (χ4v) is 4.92. The SMILES string of the molecule is CCCN1C(=O)[C@H](CCCCNC(=O)OCc2ccccc2)NC(=O)C12CCN(C(=O)OCCOC)CC2. The van der Waals surface area contributed by atoms with Crippen molar-refractivity contribution in [1.82, 2.24) is 20.4 Å². The molecule has 2 fully saturated rings. The van der Waals surface area contributed by atoms with E-state index in [4.69, 9.17) is 14.2 Å². The summed E-state index contributed by atoms with van der Waals surface area (Å²) in [6.45, 7) is 4.25. The van der Waals surface area contributed by atoms with Gasteiger partial charge in [-0.05, 0) is 44.1 Å². The number of piperidine rings is 1. The van der Waals surface area contributed by atoms with Gasteiger partial charge in [-0.3, -0.25) is 9.59 Å². The van der Waals surface area contributed by atoms with Gasteiger partial charge in [0.2, 0.25) is 11.8 Å². The molecule has 38 heavy (non-hydrogen) atoms. The minimum absolute atomic E-state index is 0.0854. The lowest BCUT2D eigenvalue weighted by Crippen LogP contribution is -2.73. The first-order chi connectivity index (χ1) is 18.4. The maximum Gasteiger partial charge on any atom is 0.409 e. The monoisotopic (exact) mass is 532 g/mol. The van der Waals surface area contributed by atoms with Crippen LogP contribution in [0.4, 0.5) is 9.59 Å². The lowest BCUT2D eigenvalue weighted by Gasteiger charge is -2.51. The van der Waals surface area contributed by atoms with Crippen LogP contribution in [0, 0.1) is 0 Å². The van der Waals surface area contributed by atoms with Gasteiger partial charge in [-0.1, -0.05) is 37.3 Å². The van der Waals surface area contributed by atoms with E-state index < -0.39 is 23.8 Å². The molecule has 0 aromatic heterocycles. The molecular weight excluding hydrogens is 492 g/mol. The Balaban J connectivity index is 1.44. The third-order valence-electron chi connectivity index (χ3n) is 7.02. The van der Waals surface area contributed by atoms with Crippen molar-refractivity contribution >= 4 is 24.0 Å². The summed E-state index contributed by atoms with van der Waals surface area (Å²) in [5.74, 6) is -0.247. The van der Waals surface area contributed by atoms with Crippen LogP contribution in [-0.4, -0.2) is 91.9 Å². The molecule has 1 aromatic rings. The van der Waals surface area contributed by atoms with E-state index in [0.29, 0.717) is 64.9 Å². The topological polar surface area (TPSA) is 127 Å². The minimum Gasteiger partial charge on any atom is -0.447 e. The van der Waals surface area contributed by atoms with E-state index >= 15 is 0 Å². The van der Waals surface area contributed by atoms with Crippen LogP contribution in [0.1, 0.15) is 51.0 Å². The number of methoxy groups -OCH3 is 1. The van der Waals surface area contributed by atoms with Crippen molar-refractivity contribution in [2.75, 3.05) is 46.5 Å². The Kier molecular flexibility index (Phi) is 11.2. The molecule has 4 amide bonds. The molecule has 3 rings (SSSR count). The molecule has 210 valence electrons. The number of ether oxygens (including phenoxy) is 3. The highest BCUT2D eigenvalue weighted by atomic mass is 16.6. The van der Waals surface area contributed by atoms with E-state index in [1.54, 1.807) is 9.80 Å². The van der Waals surface area contributed by atoms with Crippen molar-refractivity contribution in [2.45, 2.75) is 63.6 Å². The van der Waals surface area contributed by atoms with E-state index in [0.717, 1.165) is 12.0 Å². The second-order valence-corrected chi connectivity index (χ2v) is 9.63. The van der Waals surface area contributed by atoms with Crippen LogP contribution in [0.2, 0.25) is 0 Å². The van der Waals surface area contributed by atoms with Gasteiger partial charge in [0.15, 0.2) is 0 Å². The Morgan fingerprint density at radius 1 is 1.08 bits per heavy atom. The van der Waals surface area contributed by atoms with Crippen LogP contribution in [0.25, 0.3) is 0 Å². The Hall–Kier alpha value is -3.34. The number of benzene rings is 1. The molecule has 1 aromatic carbocycles. The fraction of sp³-hybridized carbons (Fsp3) is 0.630. The van der Waals surface area contributed by atoms with Crippen molar-refractivity contribution in [1.29, 1.82) is 0 Å². The molecule has 0 radical (unpaired) electrons. The number of piperazine rings is 1. The molecule has 0 aliphatic carbocycles. The molecule has 2 N–H and O–H groups in total. The summed E-state index contributed by atoms with van der Waals surface area (Å²) in [7, 11) is 1.54. The van der Waals surface area contributed by atoms with Gasteiger partial charge in [0, 0.05) is 33.3 Å². The van der Waals surface area contributed by atoms with Crippen molar-refractivity contribution < 1.29 is 33.4 Å². The average molecular weight is 533 g/mol. The van der Waals surface area contributed by atoms with Crippen molar-refractivity contribution in [3.8, 4) is 0 Å². The first-order valence-electron chi connectivity index (χ1n) is 13.4. The van der Waals surface area contributed by atoms with Gasteiger partial charge in [-0.2, -0.15) is 0 Å². The predicted octanol–water partition coefficient (Wildman–Crippen LogP) is 2.44. The lowest BCUT2D eigenvalue weighted by atomic mass is 9.81. The summed E-state index contributed by atoms with van der Waals surface area (Å²) in [4.78, 5) is 54.3. The standard InChI is InChI=1S/C27H40N4O7/c1-3-15-31-23(32)22(11-7-8-14-28-25(34)38-20-21-9-5-4-6-10-21)29-24(33)27(31)12-16-30(17-13-27)26(35)37-19-18-36-2/h4-6,9-10,22H,3,7-8,11-20H2,1-2H3,(H,28,34)(H,29,33)/t22-/m0/s1. The van der Waals surface area contributed by atoms with Gasteiger partial charge >= 0.3 is 12.2 Å². The molecule has 0 bridgehead atoms. The average Bonchev–Trinajstić information content (AvgIpc) is 2.93. The molecule has 2 heterocycles. The highest BCUT2D eigenvalue weighted by molar-refractivity contribution is 6.00. The Morgan fingerprint density at radius 3 is 2.50 bits per heavy atom. The van der Waals surface area contributed by atoms with Crippen LogP contribution in [-0.2, 0) is 30.4 Å². The molecular formula is C27H40N4O7. The highest BCUT2D eigenvalue weighted by Gasteiger charge is 2.53. The zero-order chi connectivity index (χ0) is 27.4. The van der Waals surface area contributed by atoms with E-state index in [-0.39, 0.29) is 25.0 Å². The molecule has 2 aliphatic rings. The highest BCUT2D eigenvalue weighted by Crippen LogP contribution is 2.34. The zero-order valence-corrected chi connectivity index (χ0v) is 22.4. The number of rotatable bonds is 12. The number of carbonyl (C=O) groups excluding carboxylic acids is 4. The zero-order valence-electron chi connectivity index (χ0n) is 22.4. The first kappa shape index (κ1) is 29.2. The Morgan fingerprint density at radius 2 is 1.82 bits per heavy atom. The Bertz CT molecular complexity index is 935. The quantitative estimate of drug-likeness (QED) is 0.396. The third-order valence-corrected chi connectivity index (χ3v) is 7.02. The van der Waals surface area contributed by atoms with Crippen LogP contribution in [0.5, 0.6) is 0 Å². The van der Waals surface area contributed by atoms with Gasteiger partial charge in [-0.15, -0.1) is 0 Å². The van der Waals surface area contributed by atoms with Crippen LogP contribution < -0.4 is 10.6 Å². The van der Waals surface area contributed by atoms with Gasteiger partial charge in [-0.25, -0.2) is 9.59 Å². The molecule has 0 unspecified atom stereocenters. The van der Waals surface area contributed by atoms with E-state index in [9.17, 15) is 19.2 Å². The van der Waals surface area contributed by atoms with Crippen LogP contribution in [0.3, 0.4) is 0 Å². The summed E-state index contributed by atoms with van der Waals surface area (Å²) in [5, 5.41) is 5.67. The van der Waals surface area contributed by atoms with Crippen molar-refractivity contribution in [3.63, 3.8) is 0 Å². The fourth-order valence-electron chi connectivity index (χ4n) is 4.92. The number of hydrogen-bond donors (Lipinski definition) is 2. The second kappa shape index (κ2) is 14.6. The maximum absolute atomic E-state index is 13.4. The number of unbranched alkanes of at least 4 members (excludes halogenated alkanes) is 1. The summed E-state index contributed by atoms with van der Waals surface area (Å²) >= 11 is 0. The molecule has 1 atom stereocenters. The van der Waals surface area contributed by atoms with E-state index in [2.05, 4.69) is 10.6 Å². The van der Waals surface area contributed by atoms with Crippen LogP contribution >= 0.6 is 0 Å². The largest absolute Gasteiger partial charge is 0.447 e. The number of nitrogens with zero attached hydrogens (tertiary/aromatic N) is 2. The number of likely N-dealkylation sites (tertiary alicyclic amines) is 1. The maximum atomic E-state index is 13.4. The summed E-state index contributed by atoms with van der Waals surface area (Å²) in [6, 6.07) is 8.85. The molecule has 2 aliphatic heterocycles. The summed E-state index contributed by atoms with van der Waals surface area (Å²) < 4.78 is 15.3. The number of carbonyl (C=O) groups is 4. The normalized spacial score (nSPS) is 18.7. The summed E-state index contributed by atoms with van der Waals surface area (Å²) in [5.41, 5.74) is -0.0342. The van der Waals surface area contributed by atoms with E-state index in [1.165, 1.54) is 7.11 Å². The number of hydrogen-bond acceptors (Lipinski definition) is 7. The van der Waals surface area contributed by atoms with Crippen molar-refractivity contribution in [3.05, 3.63) is 35.9 Å². The Labute approximate surface area is 224 Å². The second-order valence-electron chi connectivity index (χ2n) is 9.63. The third kappa shape index (κ3) is 7.59.